The highest BCUT2D eigenvalue weighted by Gasteiger charge is 2.11. The van der Waals surface area contributed by atoms with Crippen molar-refractivity contribution in [1.29, 1.82) is 0 Å². The number of benzene rings is 2. The zero-order chi connectivity index (χ0) is 16.2. The van der Waals surface area contributed by atoms with Crippen LogP contribution < -0.4 is 0 Å². The quantitative estimate of drug-likeness (QED) is 0.597. The topological polar surface area (TPSA) is 38.9 Å². The lowest BCUT2D eigenvalue weighted by molar-refractivity contribution is 0.404. The predicted molar refractivity (Wildman–Crippen MR) is 91.6 cm³/mol. The van der Waals surface area contributed by atoms with Crippen LogP contribution in [0.1, 0.15) is 22.8 Å². The molecule has 6 heteroatoms. The minimum atomic E-state index is -0.380. The highest BCUT2D eigenvalue weighted by molar-refractivity contribution is 9.10. The summed E-state index contributed by atoms with van der Waals surface area (Å²) in [5.41, 5.74) is 1.36. The molecule has 0 fully saturated rings. The van der Waals surface area contributed by atoms with Crippen molar-refractivity contribution < 1.29 is 8.91 Å². The number of hydrogen-bond acceptors (Lipinski definition) is 3. The molecule has 0 spiro atoms. The smallest absolute Gasteiger partial charge is 0.250 e. The molecule has 2 aromatic carbocycles. The van der Waals surface area contributed by atoms with Gasteiger partial charge < -0.3 is 4.52 Å². The standard InChI is InChI=1S/C17H11BrClFN2O/c18-12-7-4-11(5-8-12)6-9-17-21-16(22-23-17)10-13-14(19)2-1-3-15(13)20/h1-9H,10H2/b9-6+. The maximum absolute atomic E-state index is 13.8. The third kappa shape index (κ3) is 4.06. The zero-order valence-electron chi connectivity index (χ0n) is 11.8. The van der Waals surface area contributed by atoms with E-state index in [1.54, 1.807) is 18.2 Å². The molecule has 0 atom stereocenters. The van der Waals surface area contributed by atoms with Crippen molar-refractivity contribution in [3.8, 4) is 0 Å². The van der Waals surface area contributed by atoms with Crippen molar-refractivity contribution in [1.82, 2.24) is 10.1 Å². The van der Waals surface area contributed by atoms with E-state index in [0.29, 0.717) is 22.3 Å². The molecule has 0 saturated heterocycles. The highest BCUT2D eigenvalue weighted by atomic mass is 79.9. The Morgan fingerprint density at radius 1 is 1.13 bits per heavy atom. The van der Waals surface area contributed by atoms with Gasteiger partial charge in [-0.1, -0.05) is 50.9 Å². The van der Waals surface area contributed by atoms with E-state index >= 15 is 0 Å². The third-order valence-electron chi connectivity index (χ3n) is 3.17. The molecule has 116 valence electrons. The molecular weight excluding hydrogens is 383 g/mol. The molecule has 1 aromatic heterocycles. The molecule has 0 N–H and O–H groups in total. The summed E-state index contributed by atoms with van der Waals surface area (Å²) < 4.78 is 19.9. The summed E-state index contributed by atoms with van der Waals surface area (Å²) in [6, 6.07) is 12.3. The molecular formula is C17H11BrClFN2O. The van der Waals surface area contributed by atoms with Gasteiger partial charge in [-0.25, -0.2) is 4.39 Å². The Bertz CT molecular complexity index is 826. The molecule has 3 aromatic rings. The number of hydrogen-bond donors (Lipinski definition) is 0. The van der Waals surface area contributed by atoms with Crippen LogP contribution in [0.4, 0.5) is 4.39 Å². The van der Waals surface area contributed by atoms with E-state index in [1.807, 2.05) is 30.3 Å². The molecule has 3 rings (SSSR count). The Labute approximate surface area is 145 Å². The lowest BCUT2D eigenvalue weighted by Gasteiger charge is -2.01. The number of aromatic nitrogens is 2. The Kier molecular flexibility index (Phi) is 4.88. The SMILES string of the molecule is Fc1cccc(Cl)c1Cc1noc(/C=C/c2ccc(Br)cc2)n1. The van der Waals surface area contributed by atoms with Gasteiger partial charge >= 0.3 is 0 Å². The fourth-order valence-corrected chi connectivity index (χ4v) is 2.50. The van der Waals surface area contributed by atoms with Crippen molar-refractivity contribution >= 4 is 39.7 Å². The van der Waals surface area contributed by atoms with Gasteiger partial charge in [-0.15, -0.1) is 0 Å². The van der Waals surface area contributed by atoms with Crippen LogP contribution in [0.15, 0.2) is 51.5 Å². The molecule has 0 unspecified atom stereocenters. The molecule has 3 nitrogen and oxygen atoms in total. The van der Waals surface area contributed by atoms with Crippen molar-refractivity contribution in [3.05, 3.63) is 80.6 Å². The predicted octanol–water partition coefficient (Wildman–Crippen LogP) is 5.39. The second-order valence-corrected chi connectivity index (χ2v) is 6.13. The Morgan fingerprint density at radius 3 is 2.65 bits per heavy atom. The van der Waals surface area contributed by atoms with Crippen molar-refractivity contribution in [2.75, 3.05) is 0 Å². The first-order chi connectivity index (χ1) is 11.1. The van der Waals surface area contributed by atoms with E-state index in [-0.39, 0.29) is 12.2 Å². The molecule has 23 heavy (non-hydrogen) atoms. The second-order valence-electron chi connectivity index (χ2n) is 4.81. The largest absolute Gasteiger partial charge is 0.335 e. The van der Waals surface area contributed by atoms with Crippen LogP contribution in [0.5, 0.6) is 0 Å². The van der Waals surface area contributed by atoms with Gasteiger partial charge in [0.1, 0.15) is 5.82 Å². The maximum Gasteiger partial charge on any atom is 0.250 e. The van der Waals surface area contributed by atoms with Gasteiger partial charge in [-0.3, -0.25) is 0 Å². The van der Waals surface area contributed by atoms with Crippen LogP contribution in [0.2, 0.25) is 5.02 Å². The van der Waals surface area contributed by atoms with E-state index in [1.165, 1.54) is 6.07 Å². The van der Waals surface area contributed by atoms with Crippen LogP contribution in [-0.4, -0.2) is 10.1 Å². The summed E-state index contributed by atoms with van der Waals surface area (Å²) in [6.45, 7) is 0. The number of halogens is 3. The summed E-state index contributed by atoms with van der Waals surface area (Å²) >= 11 is 9.38. The molecule has 1 heterocycles. The summed E-state index contributed by atoms with van der Waals surface area (Å²) in [6.07, 6.45) is 3.75. The fraction of sp³-hybridized carbons (Fsp3) is 0.0588. The van der Waals surface area contributed by atoms with E-state index in [0.717, 1.165) is 10.0 Å². The van der Waals surface area contributed by atoms with Gasteiger partial charge in [0, 0.05) is 27.6 Å². The van der Waals surface area contributed by atoms with E-state index in [2.05, 4.69) is 26.1 Å². The Balaban J connectivity index is 1.74. The monoisotopic (exact) mass is 392 g/mol. The summed E-state index contributed by atoms with van der Waals surface area (Å²) in [4.78, 5) is 4.22. The molecule has 0 radical (unpaired) electrons. The molecule has 0 bridgehead atoms. The van der Waals surface area contributed by atoms with E-state index in [9.17, 15) is 4.39 Å². The summed E-state index contributed by atoms with van der Waals surface area (Å²) in [5.74, 6) is 0.358. The summed E-state index contributed by atoms with van der Waals surface area (Å²) in [7, 11) is 0. The van der Waals surface area contributed by atoms with Gasteiger partial charge in [-0.05, 0) is 35.9 Å². The lowest BCUT2D eigenvalue weighted by atomic mass is 10.1. The van der Waals surface area contributed by atoms with Crippen molar-refractivity contribution in [2.45, 2.75) is 6.42 Å². The summed E-state index contributed by atoms with van der Waals surface area (Å²) in [5, 5.41) is 4.20. The average Bonchev–Trinajstić information content (AvgIpc) is 2.98. The van der Waals surface area contributed by atoms with E-state index in [4.69, 9.17) is 16.1 Å². The van der Waals surface area contributed by atoms with Crippen LogP contribution in [-0.2, 0) is 6.42 Å². The van der Waals surface area contributed by atoms with Crippen molar-refractivity contribution in [3.63, 3.8) is 0 Å². The maximum atomic E-state index is 13.8. The molecule has 0 aliphatic rings. The minimum absolute atomic E-state index is 0.182. The van der Waals surface area contributed by atoms with Crippen LogP contribution >= 0.6 is 27.5 Å². The first kappa shape index (κ1) is 15.9. The molecule has 0 amide bonds. The third-order valence-corrected chi connectivity index (χ3v) is 4.05. The first-order valence-electron chi connectivity index (χ1n) is 6.81. The average molecular weight is 394 g/mol. The van der Waals surface area contributed by atoms with Gasteiger partial charge in [0.15, 0.2) is 5.82 Å². The van der Waals surface area contributed by atoms with Gasteiger partial charge in [0.25, 0.3) is 5.89 Å². The van der Waals surface area contributed by atoms with Crippen molar-refractivity contribution in [2.24, 2.45) is 0 Å². The van der Waals surface area contributed by atoms with Crippen LogP contribution in [0.3, 0.4) is 0 Å². The second kappa shape index (κ2) is 7.06. The zero-order valence-corrected chi connectivity index (χ0v) is 14.2. The first-order valence-corrected chi connectivity index (χ1v) is 7.98. The Hall–Kier alpha value is -1.98. The molecule has 0 aliphatic heterocycles. The van der Waals surface area contributed by atoms with Crippen LogP contribution in [0.25, 0.3) is 12.2 Å². The van der Waals surface area contributed by atoms with Crippen LogP contribution in [0, 0.1) is 5.82 Å². The van der Waals surface area contributed by atoms with Gasteiger partial charge in [-0.2, -0.15) is 4.98 Å². The fourth-order valence-electron chi connectivity index (χ4n) is 2.01. The Morgan fingerprint density at radius 2 is 1.91 bits per heavy atom. The van der Waals surface area contributed by atoms with E-state index < -0.39 is 0 Å². The number of nitrogens with zero attached hydrogens (tertiary/aromatic N) is 2. The van der Waals surface area contributed by atoms with Gasteiger partial charge in [0.2, 0.25) is 0 Å². The lowest BCUT2D eigenvalue weighted by Crippen LogP contribution is -1.95. The molecule has 0 saturated carbocycles. The van der Waals surface area contributed by atoms with Gasteiger partial charge in [0.05, 0.1) is 0 Å². The molecule has 0 aliphatic carbocycles. The minimum Gasteiger partial charge on any atom is -0.335 e. The highest BCUT2D eigenvalue weighted by Crippen LogP contribution is 2.21. The number of rotatable bonds is 4. The normalized spacial score (nSPS) is 11.3.